The molecule has 0 bridgehead atoms. The summed E-state index contributed by atoms with van der Waals surface area (Å²) in [6.07, 6.45) is 1.79. The van der Waals surface area contributed by atoms with Gasteiger partial charge < -0.3 is 4.74 Å². The van der Waals surface area contributed by atoms with Crippen LogP contribution < -0.4 is 10.2 Å². The van der Waals surface area contributed by atoms with Crippen molar-refractivity contribution in [1.82, 2.24) is 9.66 Å². The van der Waals surface area contributed by atoms with Gasteiger partial charge in [-0.05, 0) is 31.2 Å². The van der Waals surface area contributed by atoms with E-state index in [0.717, 1.165) is 28.4 Å². The number of ether oxygens (including phenoxy) is 1. The zero-order valence-corrected chi connectivity index (χ0v) is 12.1. The standard InChI is InChI=1S/C17H17N3O/c1-13-17(14-6-4-3-5-7-14)20(12-18-13)19-15-8-10-16(21-2)11-9-15/h3-12,19H,1-2H3. The number of nitrogens with one attached hydrogen (secondary N) is 1. The molecule has 0 unspecified atom stereocenters. The number of methoxy groups -OCH3 is 1. The van der Waals surface area contributed by atoms with Crippen LogP contribution in [0.3, 0.4) is 0 Å². The Morgan fingerprint density at radius 3 is 2.38 bits per heavy atom. The average Bonchev–Trinajstić information content (AvgIpc) is 2.89. The van der Waals surface area contributed by atoms with Gasteiger partial charge in [-0.15, -0.1) is 0 Å². The Labute approximate surface area is 124 Å². The summed E-state index contributed by atoms with van der Waals surface area (Å²) in [5.74, 6) is 0.839. The number of aryl methyl sites for hydroxylation is 1. The molecule has 1 aromatic heterocycles. The highest BCUT2D eigenvalue weighted by atomic mass is 16.5. The molecule has 0 saturated heterocycles. The molecule has 3 rings (SSSR count). The molecule has 0 radical (unpaired) electrons. The number of hydrogen-bond donors (Lipinski definition) is 1. The van der Waals surface area contributed by atoms with Gasteiger partial charge in [-0.2, -0.15) is 0 Å². The van der Waals surface area contributed by atoms with Crippen LogP contribution in [0.4, 0.5) is 5.69 Å². The third kappa shape index (κ3) is 2.74. The van der Waals surface area contributed by atoms with Crippen molar-refractivity contribution in [3.63, 3.8) is 0 Å². The largest absolute Gasteiger partial charge is 0.497 e. The van der Waals surface area contributed by atoms with E-state index >= 15 is 0 Å². The van der Waals surface area contributed by atoms with Crippen LogP contribution in [-0.2, 0) is 0 Å². The van der Waals surface area contributed by atoms with E-state index in [-0.39, 0.29) is 0 Å². The van der Waals surface area contributed by atoms with Crippen LogP contribution in [0, 0.1) is 6.92 Å². The number of benzene rings is 2. The Balaban J connectivity index is 1.92. The summed E-state index contributed by atoms with van der Waals surface area (Å²) in [5, 5.41) is 0. The molecule has 0 fully saturated rings. The molecular weight excluding hydrogens is 262 g/mol. The van der Waals surface area contributed by atoms with E-state index in [1.807, 2.05) is 54.1 Å². The first-order valence-electron chi connectivity index (χ1n) is 6.78. The van der Waals surface area contributed by atoms with E-state index in [1.54, 1.807) is 13.4 Å². The fourth-order valence-corrected chi connectivity index (χ4v) is 2.27. The molecule has 4 heteroatoms. The summed E-state index contributed by atoms with van der Waals surface area (Å²) < 4.78 is 7.11. The molecule has 2 aromatic carbocycles. The lowest BCUT2D eigenvalue weighted by Gasteiger charge is -2.12. The van der Waals surface area contributed by atoms with Crippen LogP contribution in [0.5, 0.6) is 5.75 Å². The molecule has 0 aliphatic carbocycles. The van der Waals surface area contributed by atoms with Crippen molar-refractivity contribution in [1.29, 1.82) is 0 Å². The molecule has 0 amide bonds. The number of hydrogen-bond acceptors (Lipinski definition) is 3. The van der Waals surface area contributed by atoms with Crippen LogP contribution in [0.15, 0.2) is 60.9 Å². The predicted octanol–water partition coefficient (Wildman–Crippen LogP) is 3.74. The molecule has 3 aromatic rings. The van der Waals surface area contributed by atoms with E-state index in [2.05, 4.69) is 22.5 Å². The van der Waals surface area contributed by atoms with Crippen LogP contribution in [0.1, 0.15) is 5.69 Å². The molecule has 1 N–H and O–H groups in total. The highest BCUT2D eigenvalue weighted by molar-refractivity contribution is 5.63. The zero-order chi connectivity index (χ0) is 14.7. The van der Waals surface area contributed by atoms with Gasteiger partial charge in [0.25, 0.3) is 0 Å². The van der Waals surface area contributed by atoms with Crippen molar-refractivity contribution in [2.45, 2.75) is 6.92 Å². The smallest absolute Gasteiger partial charge is 0.119 e. The summed E-state index contributed by atoms with van der Waals surface area (Å²) >= 11 is 0. The Hall–Kier alpha value is -2.75. The summed E-state index contributed by atoms with van der Waals surface area (Å²) in [4.78, 5) is 4.40. The number of rotatable bonds is 4. The molecular formula is C17H17N3O. The van der Waals surface area contributed by atoms with Gasteiger partial charge in [0.2, 0.25) is 0 Å². The number of anilines is 1. The maximum Gasteiger partial charge on any atom is 0.119 e. The van der Waals surface area contributed by atoms with Gasteiger partial charge in [0.05, 0.1) is 24.2 Å². The summed E-state index contributed by atoms with van der Waals surface area (Å²) in [6.45, 7) is 2.01. The summed E-state index contributed by atoms with van der Waals surface area (Å²) in [7, 11) is 1.66. The minimum Gasteiger partial charge on any atom is -0.497 e. The van der Waals surface area contributed by atoms with Gasteiger partial charge >= 0.3 is 0 Å². The van der Waals surface area contributed by atoms with Crippen molar-refractivity contribution in [3.8, 4) is 17.0 Å². The lowest BCUT2D eigenvalue weighted by molar-refractivity contribution is 0.415. The minimum atomic E-state index is 0.839. The summed E-state index contributed by atoms with van der Waals surface area (Å²) in [5.41, 5.74) is 7.50. The predicted molar refractivity (Wildman–Crippen MR) is 84.4 cm³/mol. The van der Waals surface area contributed by atoms with E-state index in [4.69, 9.17) is 4.74 Å². The quantitative estimate of drug-likeness (QED) is 0.790. The molecule has 106 valence electrons. The first-order valence-corrected chi connectivity index (χ1v) is 6.78. The molecule has 0 atom stereocenters. The van der Waals surface area contributed by atoms with Crippen molar-refractivity contribution in [2.24, 2.45) is 0 Å². The van der Waals surface area contributed by atoms with E-state index in [9.17, 15) is 0 Å². The van der Waals surface area contributed by atoms with Crippen molar-refractivity contribution < 1.29 is 4.74 Å². The normalized spacial score (nSPS) is 10.4. The van der Waals surface area contributed by atoms with Crippen molar-refractivity contribution in [3.05, 3.63) is 66.6 Å². The van der Waals surface area contributed by atoms with Gasteiger partial charge in [-0.3, -0.25) is 5.43 Å². The topological polar surface area (TPSA) is 39.1 Å². The molecule has 0 aliphatic heterocycles. The average molecular weight is 279 g/mol. The van der Waals surface area contributed by atoms with Crippen LogP contribution in [-0.4, -0.2) is 16.8 Å². The second kappa shape index (κ2) is 5.71. The van der Waals surface area contributed by atoms with Crippen LogP contribution in [0.2, 0.25) is 0 Å². The van der Waals surface area contributed by atoms with E-state index in [1.165, 1.54) is 0 Å². The molecule has 1 heterocycles. The van der Waals surface area contributed by atoms with Gasteiger partial charge in [0, 0.05) is 5.56 Å². The molecule has 0 spiro atoms. The second-order valence-corrected chi connectivity index (χ2v) is 4.75. The van der Waals surface area contributed by atoms with Gasteiger partial charge in [-0.1, -0.05) is 30.3 Å². The number of aromatic nitrogens is 2. The van der Waals surface area contributed by atoms with Crippen LogP contribution >= 0.6 is 0 Å². The molecule has 0 aliphatic rings. The molecule has 4 nitrogen and oxygen atoms in total. The molecule has 21 heavy (non-hydrogen) atoms. The Bertz CT molecular complexity index is 718. The first-order chi connectivity index (χ1) is 10.3. The fourth-order valence-electron chi connectivity index (χ4n) is 2.27. The Morgan fingerprint density at radius 1 is 1.00 bits per heavy atom. The third-order valence-corrected chi connectivity index (χ3v) is 3.34. The van der Waals surface area contributed by atoms with Crippen molar-refractivity contribution >= 4 is 5.69 Å². The maximum absolute atomic E-state index is 5.17. The lowest BCUT2D eigenvalue weighted by atomic mass is 10.1. The van der Waals surface area contributed by atoms with Crippen LogP contribution in [0.25, 0.3) is 11.3 Å². The number of nitrogens with zero attached hydrogens (tertiary/aromatic N) is 2. The van der Waals surface area contributed by atoms with Crippen molar-refractivity contribution in [2.75, 3.05) is 12.5 Å². The van der Waals surface area contributed by atoms with Gasteiger partial charge in [0.1, 0.15) is 12.1 Å². The second-order valence-electron chi connectivity index (χ2n) is 4.75. The minimum absolute atomic E-state index is 0.839. The zero-order valence-electron chi connectivity index (χ0n) is 12.1. The third-order valence-electron chi connectivity index (χ3n) is 3.34. The van der Waals surface area contributed by atoms with E-state index < -0.39 is 0 Å². The first kappa shape index (κ1) is 13.2. The van der Waals surface area contributed by atoms with E-state index in [0.29, 0.717) is 0 Å². The van der Waals surface area contributed by atoms with Gasteiger partial charge in [0.15, 0.2) is 0 Å². The number of imidazole rings is 1. The highest BCUT2D eigenvalue weighted by Crippen LogP contribution is 2.23. The fraction of sp³-hybridized carbons (Fsp3) is 0.118. The highest BCUT2D eigenvalue weighted by Gasteiger charge is 2.09. The SMILES string of the molecule is COc1ccc(Nn2cnc(C)c2-c2ccccc2)cc1. The summed E-state index contributed by atoms with van der Waals surface area (Å²) in [6, 6.07) is 18.0. The monoisotopic (exact) mass is 279 g/mol. The van der Waals surface area contributed by atoms with Gasteiger partial charge in [-0.25, -0.2) is 9.66 Å². The maximum atomic E-state index is 5.17. The Kier molecular flexibility index (Phi) is 3.60. The molecule has 0 saturated carbocycles. The lowest BCUT2D eigenvalue weighted by Crippen LogP contribution is -2.09. The Morgan fingerprint density at radius 2 is 1.71 bits per heavy atom.